The van der Waals surface area contributed by atoms with Gasteiger partial charge >= 0.3 is 0 Å². The number of H-pyrrole nitrogens is 1. The van der Waals surface area contributed by atoms with Crippen molar-refractivity contribution in [2.75, 3.05) is 13.1 Å². The highest BCUT2D eigenvalue weighted by atomic mass is 16.5. The molecule has 0 saturated carbocycles. The number of imidazole rings is 1. The molecule has 1 aromatic heterocycles. The summed E-state index contributed by atoms with van der Waals surface area (Å²) < 4.78 is 6.11. The van der Waals surface area contributed by atoms with Crippen molar-refractivity contribution >= 4 is 11.0 Å². The minimum Gasteiger partial charge on any atom is -0.485 e. The van der Waals surface area contributed by atoms with E-state index < -0.39 is 11.7 Å². The highest BCUT2D eigenvalue weighted by Crippen LogP contribution is 2.44. The standard InChI is InChI=1S/C17H23N3O2/c1-17(2)16(21)15(20-6-4-3-5-7-20)11-8-12-13(19-10-18-12)9-14(11)22-17/h8-10,15-16,21H,3-7H2,1-2H3,(H,18,19)/t15-,16+/m0/s1. The number of piperidine rings is 1. The number of aliphatic hydroxyl groups is 1. The van der Waals surface area contributed by atoms with Crippen LogP contribution in [-0.4, -0.2) is 44.8 Å². The van der Waals surface area contributed by atoms with Gasteiger partial charge in [0.1, 0.15) is 17.5 Å². The highest BCUT2D eigenvalue weighted by molar-refractivity contribution is 5.78. The van der Waals surface area contributed by atoms with Gasteiger partial charge in [-0.25, -0.2) is 4.98 Å². The second kappa shape index (κ2) is 4.96. The number of hydrogen-bond donors (Lipinski definition) is 2. The Balaban J connectivity index is 1.84. The number of likely N-dealkylation sites (tertiary alicyclic amines) is 1. The monoisotopic (exact) mass is 301 g/mol. The lowest BCUT2D eigenvalue weighted by Gasteiger charge is -2.47. The Bertz CT molecular complexity index is 688. The zero-order chi connectivity index (χ0) is 15.3. The third-order valence-corrected chi connectivity index (χ3v) is 5.04. The van der Waals surface area contributed by atoms with Crippen molar-refractivity contribution in [2.24, 2.45) is 0 Å². The van der Waals surface area contributed by atoms with Gasteiger partial charge in [0.2, 0.25) is 0 Å². The van der Waals surface area contributed by atoms with Gasteiger partial charge in [-0.15, -0.1) is 0 Å². The highest BCUT2D eigenvalue weighted by Gasteiger charge is 2.45. The van der Waals surface area contributed by atoms with E-state index in [-0.39, 0.29) is 6.04 Å². The molecular formula is C17H23N3O2. The summed E-state index contributed by atoms with van der Waals surface area (Å²) in [4.78, 5) is 9.90. The van der Waals surface area contributed by atoms with E-state index in [9.17, 15) is 5.11 Å². The van der Waals surface area contributed by atoms with Gasteiger partial charge in [0.25, 0.3) is 0 Å². The van der Waals surface area contributed by atoms with Gasteiger partial charge in [0, 0.05) is 11.6 Å². The molecule has 2 aliphatic heterocycles. The number of nitrogens with zero attached hydrogens (tertiary/aromatic N) is 2. The van der Waals surface area contributed by atoms with Crippen LogP contribution < -0.4 is 4.74 Å². The molecule has 0 unspecified atom stereocenters. The van der Waals surface area contributed by atoms with E-state index in [4.69, 9.17) is 4.74 Å². The van der Waals surface area contributed by atoms with Gasteiger partial charge < -0.3 is 14.8 Å². The molecule has 5 nitrogen and oxygen atoms in total. The largest absolute Gasteiger partial charge is 0.485 e. The SMILES string of the molecule is CC1(C)Oc2cc3[nH]cnc3cc2[C@H](N2CCCCC2)[C@H]1O. The molecule has 1 fully saturated rings. The van der Waals surface area contributed by atoms with Gasteiger partial charge in [-0.05, 0) is 45.8 Å². The van der Waals surface area contributed by atoms with E-state index in [0.29, 0.717) is 0 Å². The van der Waals surface area contributed by atoms with Crippen molar-refractivity contribution in [3.05, 3.63) is 24.0 Å². The number of ether oxygens (including phenoxy) is 1. The van der Waals surface area contributed by atoms with E-state index in [1.165, 1.54) is 19.3 Å². The fourth-order valence-corrected chi connectivity index (χ4v) is 3.78. The van der Waals surface area contributed by atoms with Crippen LogP contribution in [0.25, 0.3) is 11.0 Å². The molecule has 2 N–H and O–H groups in total. The van der Waals surface area contributed by atoms with Crippen LogP contribution in [0.15, 0.2) is 18.5 Å². The summed E-state index contributed by atoms with van der Waals surface area (Å²) in [5.41, 5.74) is 2.37. The first-order valence-electron chi connectivity index (χ1n) is 8.14. The number of aromatic amines is 1. The normalized spacial score (nSPS) is 28.3. The van der Waals surface area contributed by atoms with E-state index >= 15 is 0 Å². The Morgan fingerprint density at radius 2 is 2.05 bits per heavy atom. The van der Waals surface area contributed by atoms with Crippen LogP contribution in [0.1, 0.15) is 44.7 Å². The van der Waals surface area contributed by atoms with E-state index in [0.717, 1.165) is 35.4 Å². The van der Waals surface area contributed by atoms with Crippen molar-refractivity contribution in [3.63, 3.8) is 0 Å². The molecule has 1 saturated heterocycles. The van der Waals surface area contributed by atoms with Crippen LogP contribution >= 0.6 is 0 Å². The molecule has 2 aromatic rings. The summed E-state index contributed by atoms with van der Waals surface area (Å²) in [5, 5.41) is 10.9. The number of hydrogen-bond acceptors (Lipinski definition) is 4. The molecule has 0 aliphatic carbocycles. The van der Waals surface area contributed by atoms with Crippen LogP contribution in [0, 0.1) is 0 Å². The lowest BCUT2D eigenvalue weighted by Crippen LogP contribution is -2.54. The van der Waals surface area contributed by atoms with Crippen molar-refractivity contribution in [1.82, 2.24) is 14.9 Å². The zero-order valence-electron chi connectivity index (χ0n) is 13.2. The van der Waals surface area contributed by atoms with Crippen LogP contribution in [0.3, 0.4) is 0 Å². The Kier molecular flexibility index (Phi) is 3.16. The van der Waals surface area contributed by atoms with E-state index in [2.05, 4.69) is 20.9 Å². The average molecular weight is 301 g/mol. The van der Waals surface area contributed by atoms with Crippen LogP contribution in [0.5, 0.6) is 5.75 Å². The molecular weight excluding hydrogens is 278 g/mol. The summed E-state index contributed by atoms with van der Waals surface area (Å²) in [5.74, 6) is 0.864. The molecule has 3 heterocycles. The maximum atomic E-state index is 10.9. The number of nitrogens with one attached hydrogen (secondary N) is 1. The Morgan fingerprint density at radius 1 is 1.27 bits per heavy atom. The third kappa shape index (κ3) is 2.11. The van der Waals surface area contributed by atoms with Gasteiger partial charge in [-0.1, -0.05) is 6.42 Å². The van der Waals surface area contributed by atoms with Gasteiger partial charge in [0.15, 0.2) is 0 Å². The van der Waals surface area contributed by atoms with Crippen molar-refractivity contribution in [1.29, 1.82) is 0 Å². The second-order valence-electron chi connectivity index (χ2n) is 7.00. The molecule has 0 amide bonds. The third-order valence-electron chi connectivity index (χ3n) is 5.04. The molecule has 0 spiro atoms. The minimum atomic E-state index is -0.594. The predicted molar refractivity (Wildman–Crippen MR) is 85.0 cm³/mol. The van der Waals surface area contributed by atoms with E-state index in [1.807, 2.05) is 19.9 Å². The maximum absolute atomic E-state index is 10.9. The molecule has 4 rings (SSSR count). The Hall–Kier alpha value is -1.59. The van der Waals surface area contributed by atoms with Gasteiger partial charge in [-0.2, -0.15) is 0 Å². The van der Waals surface area contributed by atoms with Crippen molar-refractivity contribution in [3.8, 4) is 5.75 Å². The molecule has 2 atom stereocenters. The number of fused-ring (bicyclic) bond motifs is 2. The van der Waals surface area contributed by atoms with Crippen LogP contribution in [-0.2, 0) is 0 Å². The topological polar surface area (TPSA) is 61.4 Å². The predicted octanol–water partition coefficient (Wildman–Crippen LogP) is 2.62. The van der Waals surface area contributed by atoms with Gasteiger partial charge in [0.05, 0.1) is 23.4 Å². The van der Waals surface area contributed by atoms with Crippen LogP contribution in [0.2, 0.25) is 0 Å². The first kappa shape index (κ1) is 14.0. The first-order chi connectivity index (χ1) is 10.6. The number of rotatable bonds is 1. The molecule has 2 aliphatic rings. The lowest BCUT2D eigenvalue weighted by molar-refractivity contribution is -0.0960. The minimum absolute atomic E-state index is 0.0138. The summed E-state index contributed by atoms with van der Waals surface area (Å²) in [6.07, 6.45) is 4.84. The number of aliphatic hydroxyl groups excluding tert-OH is 1. The van der Waals surface area contributed by atoms with E-state index in [1.54, 1.807) is 6.33 Å². The molecule has 0 radical (unpaired) electrons. The van der Waals surface area contributed by atoms with Crippen molar-refractivity contribution < 1.29 is 9.84 Å². The Morgan fingerprint density at radius 3 is 2.82 bits per heavy atom. The fraction of sp³-hybridized carbons (Fsp3) is 0.588. The quantitative estimate of drug-likeness (QED) is 0.850. The Labute approximate surface area is 130 Å². The molecule has 1 aromatic carbocycles. The summed E-state index contributed by atoms with van der Waals surface area (Å²) in [7, 11) is 0. The summed E-state index contributed by atoms with van der Waals surface area (Å²) >= 11 is 0. The molecule has 22 heavy (non-hydrogen) atoms. The second-order valence-corrected chi connectivity index (χ2v) is 7.00. The zero-order valence-corrected chi connectivity index (χ0v) is 13.2. The van der Waals surface area contributed by atoms with Gasteiger partial charge in [-0.3, -0.25) is 4.90 Å². The van der Waals surface area contributed by atoms with Crippen molar-refractivity contribution in [2.45, 2.75) is 50.9 Å². The molecule has 118 valence electrons. The average Bonchev–Trinajstić information content (AvgIpc) is 2.94. The molecule has 5 heteroatoms. The lowest BCUT2D eigenvalue weighted by atomic mass is 9.84. The number of benzene rings is 1. The first-order valence-corrected chi connectivity index (χ1v) is 8.14. The number of aromatic nitrogens is 2. The summed E-state index contributed by atoms with van der Waals surface area (Å²) in [6, 6.07) is 4.07. The summed E-state index contributed by atoms with van der Waals surface area (Å²) in [6.45, 7) is 6.01. The molecule has 0 bridgehead atoms. The smallest absolute Gasteiger partial charge is 0.131 e. The fourth-order valence-electron chi connectivity index (χ4n) is 3.78. The maximum Gasteiger partial charge on any atom is 0.131 e. The van der Waals surface area contributed by atoms with Crippen LogP contribution in [0.4, 0.5) is 0 Å².